The molecule has 0 nitrogen and oxygen atoms in total. The van der Waals surface area contributed by atoms with Crippen molar-refractivity contribution in [1.29, 1.82) is 0 Å². The van der Waals surface area contributed by atoms with Crippen LogP contribution < -0.4 is 0 Å². The van der Waals surface area contributed by atoms with Gasteiger partial charge in [0.2, 0.25) is 0 Å². The lowest BCUT2D eigenvalue weighted by atomic mass is 10.2. The van der Waals surface area contributed by atoms with Crippen LogP contribution in [0, 0.1) is 12.1 Å². The minimum Gasteiger partial charge on any atom is -0.0924 e. The van der Waals surface area contributed by atoms with Gasteiger partial charge < -0.3 is 0 Å². The second-order valence-corrected chi connectivity index (χ2v) is 2.55. The van der Waals surface area contributed by atoms with Gasteiger partial charge in [0.1, 0.15) is 0 Å². The van der Waals surface area contributed by atoms with E-state index in [1.807, 2.05) is 12.1 Å². The summed E-state index contributed by atoms with van der Waals surface area (Å²) >= 11 is 3.35. The zero-order valence-electron chi connectivity index (χ0n) is 5.02. The molecule has 0 spiro atoms. The fourth-order valence-corrected chi connectivity index (χ4v) is 1.06. The topological polar surface area (TPSA) is 0 Å². The van der Waals surface area contributed by atoms with Crippen molar-refractivity contribution in [2.45, 2.75) is 6.42 Å². The lowest BCUT2D eigenvalue weighted by molar-refractivity contribution is 1.17. The Morgan fingerprint density at radius 1 is 1.56 bits per heavy atom. The SMILES string of the molecule is BrCCc1c#cccc1. The van der Waals surface area contributed by atoms with Crippen molar-refractivity contribution in [3.63, 3.8) is 0 Å². The maximum Gasteiger partial charge on any atom is 0.00781 e. The Bertz CT molecular complexity index is 157. The molecule has 1 rings (SSSR count). The summed E-state index contributed by atoms with van der Waals surface area (Å²) in [5.41, 5.74) is 1.22. The lowest BCUT2D eigenvalue weighted by Gasteiger charge is -1.88. The van der Waals surface area contributed by atoms with Crippen LogP contribution in [-0.2, 0) is 6.42 Å². The summed E-state index contributed by atoms with van der Waals surface area (Å²) in [5, 5.41) is 1.00. The molecule has 0 aliphatic heterocycles. The van der Waals surface area contributed by atoms with Crippen LogP contribution in [0.25, 0.3) is 0 Å². The molecule has 1 aromatic carbocycles. The molecule has 0 aromatic heterocycles. The van der Waals surface area contributed by atoms with Crippen molar-refractivity contribution in [3.8, 4) is 0 Å². The fourth-order valence-electron chi connectivity index (χ4n) is 0.636. The number of halogens is 1. The molecule has 0 amide bonds. The van der Waals surface area contributed by atoms with Gasteiger partial charge >= 0.3 is 0 Å². The van der Waals surface area contributed by atoms with E-state index in [2.05, 4.69) is 34.1 Å². The van der Waals surface area contributed by atoms with Crippen LogP contribution in [0.15, 0.2) is 18.2 Å². The largest absolute Gasteiger partial charge is 0.0924 e. The van der Waals surface area contributed by atoms with Crippen LogP contribution in [0.1, 0.15) is 5.56 Å². The Labute approximate surface area is 64.0 Å². The van der Waals surface area contributed by atoms with Gasteiger partial charge in [0, 0.05) is 10.9 Å². The fraction of sp³-hybridized carbons (Fsp3) is 0.250. The third kappa shape index (κ3) is 2.07. The lowest BCUT2D eigenvalue weighted by Crippen LogP contribution is -1.80. The van der Waals surface area contributed by atoms with Gasteiger partial charge in [0.05, 0.1) is 0 Å². The van der Waals surface area contributed by atoms with Crippen LogP contribution >= 0.6 is 15.9 Å². The minimum atomic E-state index is 1.00. The molecule has 0 N–H and O–H groups in total. The minimum absolute atomic E-state index is 1.00. The molecule has 9 heavy (non-hydrogen) atoms. The van der Waals surface area contributed by atoms with E-state index >= 15 is 0 Å². The van der Waals surface area contributed by atoms with Crippen LogP contribution in [-0.4, -0.2) is 5.33 Å². The van der Waals surface area contributed by atoms with E-state index in [9.17, 15) is 0 Å². The molecule has 1 aromatic rings. The third-order valence-electron chi connectivity index (χ3n) is 1.07. The van der Waals surface area contributed by atoms with E-state index in [4.69, 9.17) is 0 Å². The first kappa shape index (κ1) is 6.64. The molecule has 1 heteroatoms. The quantitative estimate of drug-likeness (QED) is 0.616. The van der Waals surface area contributed by atoms with E-state index in [1.54, 1.807) is 0 Å². The highest BCUT2D eigenvalue weighted by Gasteiger charge is 1.84. The number of hydrogen-bond acceptors (Lipinski definition) is 0. The molecule has 0 bridgehead atoms. The zero-order valence-corrected chi connectivity index (χ0v) is 6.61. The van der Waals surface area contributed by atoms with Gasteiger partial charge in [-0.25, -0.2) is 0 Å². The Balaban J connectivity index is 2.61. The highest BCUT2D eigenvalue weighted by Crippen LogP contribution is 1.96. The summed E-state index contributed by atoms with van der Waals surface area (Å²) in [6.07, 6.45) is 1.04. The summed E-state index contributed by atoms with van der Waals surface area (Å²) < 4.78 is 0. The van der Waals surface area contributed by atoms with Crippen LogP contribution in [0.3, 0.4) is 0 Å². The maximum absolute atomic E-state index is 3.35. The Morgan fingerprint density at radius 2 is 2.44 bits per heavy atom. The summed E-state index contributed by atoms with van der Waals surface area (Å²) in [7, 11) is 0. The standard InChI is InChI=1S/C8H7Br/c9-7-6-8-4-2-1-3-5-8/h1-2,4H,6-7H2. The first-order chi connectivity index (χ1) is 4.43. The second kappa shape index (κ2) is 3.53. The molecule has 0 saturated carbocycles. The molecular formula is C8H7Br. The molecule has 0 atom stereocenters. The van der Waals surface area contributed by atoms with Gasteiger partial charge in [0.25, 0.3) is 0 Å². The average molecular weight is 183 g/mol. The van der Waals surface area contributed by atoms with Gasteiger partial charge in [-0.15, -0.1) is 0 Å². The van der Waals surface area contributed by atoms with Gasteiger partial charge in [0.15, 0.2) is 0 Å². The maximum atomic E-state index is 3.35. The molecule has 0 aliphatic carbocycles. The number of hydrogen-bond donors (Lipinski definition) is 0. The third-order valence-corrected chi connectivity index (χ3v) is 1.47. The van der Waals surface area contributed by atoms with E-state index in [0.29, 0.717) is 0 Å². The van der Waals surface area contributed by atoms with Crippen molar-refractivity contribution in [2.75, 3.05) is 5.33 Å². The number of aryl methyl sites for hydroxylation is 1. The molecule has 46 valence electrons. The average Bonchev–Trinajstić information content (AvgIpc) is 1.91. The molecular weight excluding hydrogens is 176 g/mol. The van der Waals surface area contributed by atoms with Crippen LogP contribution in [0.2, 0.25) is 0 Å². The zero-order chi connectivity index (χ0) is 6.53. The normalized spacial score (nSPS) is 8.56. The predicted octanol–water partition coefficient (Wildman–Crippen LogP) is 2.22. The smallest absolute Gasteiger partial charge is 0.00781 e. The van der Waals surface area contributed by atoms with Crippen molar-refractivity contribution in [2.24, 2.45) is 0 Å². The highest BCUT2D eigenvalue weighted by molar-refractivity contribution is 9.09. The molecule has 0 aliphatic rings. The van der Waals surface area contributed by atoms with Crippen LogP contribution in [0.5, 0.6) is 0 Å². The van der Waals surface area contributed by atoms with E-state index in [-0.39, 0.29) is 0 Å². The molecule has 0 unspecified atom stereocenters. The second-order valence-electron chi connectivity index (χ2n) is 1.76. The van der Waals surface area contributed by atoms with E-state index in [0.717, 1.165) is 11.8 Å². The summed E-state index contributed by atoms with van der Waals surface area (Å²) in [6, 6.07) is 11.8. The summed E-state index contributed by atoms with van der Waals surface area (Å²) in [5.74, 6) is 0. The van der Waals surface area contributed by atoms with Crippen LogP contribution in [0.4, 0.5) is 0 Å². The Kier molecular flexibility index (Phi) is 2.60. The Hall–Kier alpha value is -0.480. The van der Waals surface area contributed by atoms with Crippen molar-refractivity contribution >= 4 is 15.9 Å². The molecule has 0 fully saturated rings. The first-order valence-electron chi connectivity index (χ1n) is 2.86. The van der Waals surface area contributed by atoms with Crippen molar-refractivity contribution in [1.82, 2.24) is 0 Å². The number of rotatable bonds is 2. The molecule has 0 saturated heterocycles. The van der Waals surface area contributed by atoms with Crippen molar-refractivity contribution < 1.29 is 0 Å². The van der Waals surface area contributed by atoms with Crippen molar-refractivity contribution in [3.05, 3.63) is 35.9 Å². The predicted molar refractivity (Wildman–Crippen MR) is 41.6 cm³/mol. The van der Waals surface area contributed by atoms with Gasteiger partial charge in [-0.3, -0.25) is 0 Å². The van der Waals surface area contributed by atoms with Gasteiger partial charge in [-0.05, 0) is 18.6 Å². The molecule has 0 heterocycles. The Morgan fingerprint density at radius 3 is 3.00 bits per heavy atom. The van der Waals surface area contributed by atoms with E-state index in [1.165, 1.54) is 5.56 Å². The monoisotopic (exact) mass is 182 g/mol. The van der Waals surface area contributed by atoms with Gasteiger partial charge in [-0.1, -0.05) is 34.1 Å². The molecule has 0 radical (unpaired) electrons. The summed E-state index contributed by atoms with van der Waals surface area (Å²) in [4.78, 5) is 0. The highest BCUT2D eigenvalue weighted by atomic mass is 79.9. The van der Waals surface area contributed by atoms with Gasteiger partial charge in [-0.2, -0.15) is 0 Å². The first-order valence-corrected chi connectivity index (χ1v) is 3.99. The van der Waals surface area contributed by atoms with E-state index < -0.39 is 0 Å². The summed E-state index contributed by atoms with van der Waals surface area (Å²) in [6.45, 7) is 0. The number of alkyl halides is 1.